The number of likely N-dealkylation sites (N-methyl/N-ethyl adjacent to an activating group) is 1. The molecule has 0 fully saturated rings. The van der Waals surface area contributed by atoms with E-state index in [1.54, 1.807) is 20.8 Å². The minimum Gasteiger partial charge on any atom is -0.443 e. The Kier molecular flexibility index (Phi) is 6.29. The van der Waals surface area contributed by atoms with E-state index in [1.165, 1.54) is 18.9 Å². The topological polar surface area (TPSA) is 53.6 Å². The third-order valence-electron chi connectivity index (χ3n) is 2.10. The van der Waals surface area contributed by atoms with Gasteiger partial charge in [0.25, 0.3) is 0 Å². The van der Waals surface area contributed by atoms with Crippen LogP contribution in [-0.2, 0) is 4.74 Å². The second-order valence-corrected chi connectivity index (χ2v) is 5.33. The number of carbonyl (C=O) groups excluding carboxylic acids is 1. The highest BCUT2D eigenvalue weighted by Gasteiger charge is 2.22. The van der Waals surface area contributed by atoms with Crippen molar-refractivity contribution in [3.8, 4) is 0 Å². The van der Waals surface area contributed by atoms with Gasteiger partial charge in [0.1, 0.15) is 5.60 Å². The number of nitrogens with one attached hydrogen (secondary N) is 2. The molecule has 20 heavy (non-hydrogen) atoms. The van der Waals surface area contributed by atoms with E-state index >= 15 is 0 Å². The van der Waals surface area contributed by atoms with E-state index in [-0.39, 0.29) is 5.82 Å². The maximum absolute atomic E-state index is 12.7. The molecule has 1 amide bonds. The number of alkyl halides is 1. The second kappa shape index (κ2) is 6.98. The lowest BCUT2D eigenvalue weighted by Gasteiger charge is -2.27. The molecule has 1 unspecified atom stereocenters. The molecule has 0 aliphatic carbocycles. The van der Waals surface area contributed by atoms with Crippen LogP contribution in [-0.4, -0.2) is 29.9 Å². The molecule has 0 heterocycles. The number of rotatable bonds is 6. The number of ether oxygens (including phenoxy) is 1. The number of halogens is 1. The third-order valence-corrected chi connectivity index (χ3v) is 2.10. The minimum atomic E-state index is -1.25. The summed E-state index contributed by atoms with van der Waals surface area (Å²) in [6.45, 7) is 17.7. The van der Waals surface area contributed by atoms with Crippen LogP contribution < -0.4 is 10.6 Å². The Morgan fingerprint density at radius 3 is 2.20 bits per heavy atom. The molecular weight excluding hydrogens is 261 g/mol. The molecule has 2 N–H and O–H groups in total. The maximum Gasteiger partial charge on any atom is 0.414 e. The third kappa shape index (κ3) is 6.82. The Bertz CT molecular complexity index is 411. The minimum absolute atomic E-state index is 0.226. The van der Waals surface area contributed by atoms with Crippen molar-refractivity contribution in [2.24, 2.45) is 0 Å². The molecule has 0 bridgehead atoms. The van der Waals surface area contributed by atoms with Crippen LogP contribution in [0.3, 0.4) is 0 Å². The van der Waals surface area contributed by atoms with E-state index in [9.17, 15) is 9.18 Å². The van der Waals surface area contributed by atoms with Crippen LogP contribution in [0.4, 0.5) is 9.18 Å². The van der Waals surface area contributed by atoms with Gasteiger partial charge in [-0.25, -0.2) is 9.18 Å². The van der Waals surface area contributed by atoms with Crippen molar-refractivity contribution in [1.82, 2.24) is 15.5 Å². The van der Waals surface area contributed by atoms with Crippen molar-refractivity contribution in [3.63, 3.8) is 0 Å². The van der Waals surface area contributed by atoms with E-state index in [1.807, 2.05) is 0 Å². The zero-order chi connectivity index (χ0) is 16.1. The van der Waals surface area contributed by atoms with Crippen molar-refractivity contribution in [2.75, 3.05) is 7.05 Å². The van der Waals surface area contributed by atoms with E-state index in [0.717, 1.165) is 0 Å². The summed E-state index contributed by atoms with van der Waals surface area (Å²) >= 11 is 0. The molecule has 0 aromatic carbocycles. The average molecular weight is 285 g/mol. The molecule has 0 radical (unpaired) electrons. The fraction of sp³-hybridized carbons (Fsp3) is 0.500. The monoisotopic (exact) mass is 285 g/mol. The summed E-state index contributed by atoms with van der Waals surface area (Å²) in [6.07, 6.45) is -1.80. The van der Waals surface area contributed by atoms with E-state index in [2.05, 4.69) is 30.4 Å². The molecular formula is C14H24FN3O2. The van der Waals surface area contributed by atoms with Gasteiger partial charge in [-0.15, -0.1) is 0 Å². The Labute approximate surface area is 120 Å². The molecule has 5 nitrogen and oxygen atoms in total. The van der Waals surface area contributed by atoms with Crippen molar-refractivity contribution in [1.29, 1.82) is 0 Å². The second-order valence-electron chi connectivity index (χ2n) is 5.33. The standard InChI is InChI=1S/C14H24FN3O2/c1-9(16-12(4)17-11(3)15)10(2)18(8)13(19)20-14(5,6)7/h11,16-17H,1-2,4H2,3,5-8H3. The van der Waals surface area contributed by atoms with E-state index in [0.29, 0.717) is 11.4 Å². The molecule has 0 aromatic heterocycles. The Morgan fingerprint density at radius 2 is 1.80 bits per heavy atom. The first-order chi connectivity index (χ1) is 8.94. The van der Waals surface area contributed by atoms with E-state index < -0.39 is 18.0 Å². The van der Waals surface area contributed by atoms with Crippen LogP contribution in [0, 0.1) is 0 Å². The molecule has 0 saturated heterocycles. The first-order valence-electron chi connectivity index (χ1n) is 6.15. The van der Waals surface area contributed by atoms with Crippen LogP contribution in [0.25, 0.3) is 0 Å². The summed E-state index contributed by atoms with van der Waals surface area (Å²) in [7, 11) is 1.51. The first-order valence-corrected chi connectivity index (χ1v) is 6.15. The molecule has 0 rings (SSSR count). The largest absolute Gasteiger partial charge is 0.443 e. The van der Waals surface area contributed by atoms with Crippen LogP contribution in [0.2, 0.25) is 0 Å². The predicted molar refractivity (Wildman–Crippen MR) is 78.3 cm³/mol. The predicted octanol–water partition coefficient (Wildman–Crippen LogP) is 2.85. The van der Waals surface area contributed by atoms with Crippen LogP contribution in [0.15, 0.2) is 37.0 Å². The van der Waals surface area contributed by atoms with Gasteiger partial charge in [0.15, 0.2) is 6.30 Å². The van der Waals surface area contributed by atoms with Crippen LogP contribution in [0.1, 0.15) is 27.7 Å². The van der Waals surface area contributed by atoms with Gasteiger partial charge in [0.05, 0.1) is 17.2 Å². The molecule has 0 spiro atoms. The van der Waals surface area contributed by atoms with Gasteiger partial charge in [0, 0.05) is 7.05 Å². The lowest BCUT2D eigenvalue weighted by molar-refractivity contribution is 0.0356. The van der Waals surface area contributed by atoms with Gasteiger partial charge < -0.3 is 15.4 Å². The van der Waals surface area contributed by atoms with Gasteiger partial charge in [0.2, 0.25) is 0 Å². The molecule has 0 aliphatic rings. The molecule has 114 valence electrons. The highest BCUT2D eigenvalue weighted by Crippen LogP contribution is 2.14. The van der Waals surface area contributed by atoms with Crippen molar-refractivity contribution in [3.05, 3.63) is 37.0 Å². The summed E-state index contributed by atoms with van der Waals surface area (Å²) < 4.78 is 17.9. The van der Waals surface area contributed by atoms with Crippen LogP contribution >= 0.6 is 0 Å². The lowest BCUT2D eigenvalue weighted by Crippen LogP contribution is -2.36. The zero-order valence-corrected chi connectivity index (χ0v) is 12.8. The van der Waals surface area contributed by atoms with Gasteiger partial charge in [-0.1, -0.05) is 19.7 Å². The smallest absolute Gasteiger partial charge is 0.414 e. The molecule has 1 atom stereocenters. The summed E-state index contributed by atoms with van der Waals surface area (Å²) in [5, 5.41) is 5.15. The fourth-order valence-electron chi connectivity index (χ4n) is 1.17. The molecule has 0 aromatic rings. The number of hydrogen-bond donors (Lipinski definition) is 2. The Balaban J connectivity index is 4.54. The number of hydrogen-bond acceptors (Lipinski definition) is 4. The normalized spacial score (nSPS) is 12.1. The molecule has 0 aliphatic heterocycles. The summed E-state index contributed by atoms with van der Waals surface area (Å²) in [5.41, 5.74) is 0.0140. The number of amides is 1. The lowest BCUT2D eigenvalue weighted by atomic mass is 10.2. The highest BCUT2D eigenvalue weighted by molar-refractivity contribution is 5.71. The van der Waals surface area contributed by atoms with Crippen molar-refractivity contribution in [2.45, 2.75) is 39.6 Å². The fourth-order valence-corrected chi connectivity index (χ4v) is 1.17. The van der Waals surface area contributed by atoms with E-state index in [4.69, 9.17) is 4.74 Å². The van der Waals surface area contributed by atoms with Gasteiger partial charge in [-0.2, -0.15) is 0 Å². The Morgan fingerprint density at radius 1 is 1.30 bits per heavy atom. The number of nitrogens with zero attached hydrogens (tertiary/aromatic N) is 1. The molecule has 0 saturated carbocycles. The summed E-state index contributed by atoms with van der Waals surface area (Å²) in [6, 6.07) is 0. The first kappa shape index (κ1) is 18.0. The zero-order valence-electron chi connectivity index (χ0n) is 12.8. The quantitative estimate of drug-likeness (QED) is 0.582. The van der Waals surface area contributed by atoms with Crippen molar-refractivity contribution >= 4 is 6.09 Å². The summed E-state index contributed by atoms with van der Waals surface area (Å²) in [4.78, 5) is 13.1. The SMILES string of the molecule is C=C(NC(=C)C(=C)N(C)C(=O)OC(C)(C)C)NC(C)F. The van der Waals surface area contributed by atoms with Gasteiger partial charge in [-0.3, -0.25) is 4.90 Å². The van der Waals surface area contributed by atoms with Crippen LogP contribution in [0.5, 0.6) is 0 Å². The number of carbonyl (C=O) groups is 1. The van der Waals surface area contributed by atoms with Gasteiger partial charge >= 0.3 is 6.09 Å². The Hall–Kier alpha value is -1.98. The van der Waals surface area contributed by atoms with Crippen molar-refractivity contribution < 1.29 is 13.9 Å². The maximum atomic E-state index is 12.7. The highest BCUT2D eigenvalue weighted by atomic mass is 19.1. The summed E-state index contributed by atoms with van der Waals surface area (Å²) in [5.74, 6) is 0.226. The van der Waals surface area contributed by atoms with Gasteiger partial charge in [-0.05, 0) is 27.7 Å². The average Bonchev–Trinajstić information content (AvgIpc) is 2.23. The molecule has 6 heteroatoms.